The standard InChI is InChI=1S/C20H29NO5/c1-4-21(16-9-7-6-8-14(16)3)20(24)15-10-11-17(26-13-19(22)23)18(12-15)25-5-2/h10-12,14,16H,4-9,13H2,1-3H3,(H,22,23). The molecule has 0 aromatic heterocycles. The van der Waals surface area contributed by atoms with E-state index in [0.29, 0.717) is 36.1 Å². The molecule has 0 saturated heterocycles. The Morgan fingerprint density at radius 1 is 1.15 bits per heavy atom. The number of nitrogens with zero attached hydrogens (tertiary/aromatic N) is 1. The molecule has 0 radical (unpaired) electrons. The molecule has 0 heterocycles. The summed E-state index contributed by atoms with van der Waals surface area (Å²) in [6.45, 7) is 6.67. The van der Waals surface area contributed by atoms with Gasteiger partial charge in [-0.1, -0.05) is 19.8 Å². The molecule has 6 nitrogen and oxygen atoms in total. The van der Waals surface area contributed by atoms with Crippen LogP contribution in [0.5, 0.6) is 11.5 Å². The zero-order valence-electron chi connectivity index (χ0n) is 15.9. The van der Waals surface area contributed by atoms with Crippen LogP contribution in [0.2, 0.25) is 0 Å². The average Bonchev–Trinajstić information content (AvgIpc) is 2.62. The lowest BCUT2D eigenvalue weighted by molar-refractivity contribution is -0.139. The maximum absolute atomic E-state index is 13.1. The maximum Gasteiger partial charge on any atom is 0.341 e. The van der Waals surface area contributed by atoms with Crippen molar-refractivity contribution in [3.05, 3.63) is 23.8 Å². The highest BCUT2D eigenvalue weighted by molar-refractivity contribution is 5.95. The van der Waals surface area contributed by atoms with Gasteiger partial charge >= 0.3 is 5.97 Å². The zero-order valence-corrected chi connectivity index (χ0v) is 15.9. The third-order valence-corrected chi connectivity index (χ3v) is 4.91. The van der Waals surface area contributed by atoms with E-state index >= 15 is 0 Å². The molecule has 0 bridgehead atoms. The largest absolute Gasteiger partial charge is 0.490 e. The van der Waals surface area contributed by atoms with E-state index in [1.54, 1.807) is 18.2 Å². The quantitative estimate of drug-likeness (QED) is 0.764. The van der Waals surface area contributed by atoms with Crippen LogP contribution in [-0.2, 0) is 4.79 Å². The molecule has 1 aromatic rings. The van der Waals surface area contributed by atoms with Crippen molar-refractivity contribution >= 4 is 11.9 Å². The first-order valence-electron chi connectivity index (χ1n) is 9.40. The van der Waals surface area contributed by atoms with Gasteiger partial charge in [0, 0.05) is 18.2 Å². The second kappa shape index (κ2) is 9.46. The van der Waals surface area contributed by atoms with E-state index in [1.807, 2.05) is 18.7 Å². The average molecular weight is 363 g/mol. The summed E-state index contributed by atoms with van der Waals surface area (Å²) in [5.41, 5.74) is 0.538. The first kappa shape index (κ1) is 20.1. The van der Waals surface area contributed by atoms with E-state index in [0.717, 1.165) is 19.3 Å². The second-order valence-electron chi connectivity index (χ2n) is 6.70. The molecule has 6 heteroatoms. The van der Waals surface area contributed by atoms with Crippen LogP contribution in [0.15, 0.2) is 18.2 Å². The number of aliphatic carboxylic acids is 1. The van der Waals surface area contributed by atoms with Crippen molar-refractivity contribution in [2.45, 2.75) is 52.5 Å². The van der Waals surface area contributed by atoms with Gasteiger partial charge in [0.15, 0.2) is 18.1 Å². The summed E-state index contributed by atoms with van der Waals surface area (Å²) in [5, 5.41) is 8.79. The topological polar surface area (TPSA) is 76.1 Å². The van der Waals surface area contributed by atoms with Crippen LogP contribution in [0.25, 0.3) is 0 Å². The molecule has 0 aliphatic heterocycles. The van der Waals surface area contributed by atoms with Crippen LogP contribution in [-0.4, -0.2) is 47.7 Å². The van der Waals surface area contributed by atoms with Gasteiger partial charge in [0.05, 0.1) is 6.61 Å². The number of carbonyl (C=O) groups is 2. The Balaban J connectivity index is 2.23. The lowest BCUT2D eigenvalue weighted by Gasteiger charge is -2.38. The highest BCUT2D eigenvalue weighted by Gasteiger charge is 2.30. The highest BCUT2D eigenvalue weighted by atomic mass is 16.5. The molecule has 2 rings (SSSR count). The van der Waals surface area contributed by atoms with Crippen molar-refractivity contribution in [2.24, 2.45) is 5.92 Å². The maximum atomic E-state index is 13.1. The fourth-order valence-corrected chi connectivity index (χ4v) is 3.62. The van der Waals surface area contributed by atoms with Crippen molar-refractivity contribution in [3.8, 4) is 11.5 Å². The number of ether oxygens (including phenoxy) is 2. The van der Waals surface area contributed by atoms with Crippen molar-refractivity contribution in [3.63, 3.8) is 0 Å². The van der Waals surface area contributed by atoms with E-state index in [4.69, 9.17) is 14.6 Å². The number of carbonyl (C=O) groups excluding carboxylic acids is 1. The molecule has 2 unspecified atom stereocenters. The van der Waals surface area contributed by atoms with Gasteiger partial charge in [-0.15, -0.1) is 0 Å². The van der Waals surface area contributed by atoms with Gasteiger partial charge < -0.3 is 19.5 Å². The van der Waals surface area contributed by atoms with Crippen molar-refractivity contribution in [1.82, 2.24) is 4.90 Å². The van der Waals surface area contributed by atoms with E-state index in [2.05, 4.69) is 6.92 Å². The Morgan fingerprint density at radius 2 is 1.88 bits per heavy atom. The van der Waals surface area contributed by atoms with Crippen LogP contribution in [0.4, 0.5) is 0 Å². The number of benzene rings is 1. The van der Waals surface area contributed by atoms with Crippen LogP contribution >= 0.6 is 0 Å². The number of amides is 1. The number of rotatable bonds is 8. The molecule has 1 N–H and O–H groups in total. The van der Waals surface area contributed by atoms with E-state index in [1.165, 1.54) is 6.42 Å². The molecule has 1 aliphatic carbocycles. The van der Waals surface area contributed by atoms with Gasteiger partial charge in [-0.2, -0.15) is 0 Å². The Bertz CT molecular complexity index is 631. The zero-order chi connectivity index (χ0) is 19.1. The van der Waals surface area contributed by atoms with Crippen LogP contribution in [0.3, 0.4) is 0 Å². The summed E-state index contributed by atoms with van der Waals surface area (Å²) in [7, 11) is 0. The summed E-state index contributed by atoms with van der Waals surface area (Å²) < 4.78 is 10.8. The molecule has 1 aliphatic rings. The SMILES string of the molecule is CCOc1cc(C(=O)N(CC)C2CCCCC2C)ccc1OCC(=O)O. The molecule has 1 fully saturated rings. The van der Waals surface area contributed by atoms with Gasteiger partial charge in [-0.25, -0.2) is 4.79 Å². The van der Waals surface area contributed by atoms with Gasteiger partial charge in [0.2, 0.25) is 0 Å². The van der Waals surface area contributed by atoms with E-state index in [-0.39, 0.29) is 11.9 Å². The van der Waals surface area contributed by atoms with Crippen LogP contribution < -0.4 is 9.47 Å². The third kappa shape index (κ3) is 4.90. The molecule has 1 aromatic carbocycles. The Labute approximate surface area is 155 Å². The number of carboxylic acid groups (broad SMARTS) is 1. The van der Waals surface area contributed by atoms with Crippen molar-refractivity contribution in [2.75, 3.05) is 19.8 Å². The van der Waals surface area contributed by atoms with Crippen molar-refractivity contribution < 1.29 is 24.2 Å². The molecule has 0 spiro atoms. The Morgan fingerprint density at radius 3 is 2.50 bits per heavy atom. The predicted molar refractivity (Wildman–Crippen MR) is 98.9 cm³/mol. The third-order valence-electron chi connectivity index (χ3n) is 4.91. The highest BCUT2D eigenvalue weighted by Crippen LogP contribution is 2.32. The minimum atomic E-state index is -1.06. The van der Waals surface area contributed by atoms with E-state index < -0.39 is 12.6 Å². The van der Waals surface area contributed by atoms with Crippen LogP contribution in [0.1, 0.15) is 56.8 Å². The normalized spacial score (nSPS) is 19.7. The molecule has 144 valence electrons. The van der Waals surface area contributed by atoms with Crippen LogP contribution in [0, 0.1) is 5.92 Å². The lowest BCUT2D eigenvalue weighted by Crippen LogP contribution is -2.45. The Kier molecular flexibility index (Phi) is 7.30. The second-order valence-corrected chi connectivity index (χ2v) is 6.70. The summed E-state index contributed by atoms with van der Waals surface area (Å²) in [5.74, 6) is 0.150. The molecular formula is C20H29NO5. The lowest BCUT2D eigenvalue weighted by atomic mass is 9.84. The molecule has 2 atom stereocenters. The summed E-state index contributed by atoms with van der Waals surface area (Å²) in [4.78, 5) is 25.8. The first-order chi connectivity index (χ1) is 12.5. The monoisotopic (exact) mass is 363 g/mol. The van der Waals surface area contributed by atoms with E-state index in [9.17, 15) is 9.59 Å². The van der Waals surface area contributed by atoms with Crippen molar-refractivity contribution in [1.29, 1.82) is 0 Å². The minimum Gasteiger partial charge on any atom is -0.490 e. The fourth-order valence-electron chi connectivity index (χ4n) is 3.62. The number of carboxylic acids is 1. The summed E-state index contributed by atoms with van der Waals surface area (Å²) >= 11 is 0. The Hall–Kier alpha value is -2.24. The van der Waals surface area contributed by atoms with Gasteiger partial charge in [-0.05, 0) is 50.8 Å². The first-order valence-corrected chi connectivity index (χ1v) is 9.40. The number of hydrogen-bond donors (Lipinski definition) is 1. The molecular weight excluding hydrogens is 334 g/mol. The fraction of sp³-hybridized carbons (Fsp3) is 0.600. The molecule has 1 amide bonds. The van der Waals surface area contributed by atoms with Gasteiger partial charge in [0.25, 0.3) is 5.91 Å². The van der Waals surface area contributed by atoms with Gasteiger partial charge in [0.1, 0.15) is 0 Å². The minimum absolute atomic E-state index is 0.0167. The summed E-state index contributed by atoms with van der Waals surface area (Å²) in [6.07, 6.45) is 4.58. The molecule has 26 heavy (non-hydrogen) atoms. The summed E-state index contributed by atoms with van der Waals surface area (Å²) in [6, 6.07) is 5.20. The smallest absolute Gasteiger partial charge is 0.341 e. The van der Waals surface area contributed by atoms with Gasteiger partial charge in [-0.3, -0.25) is 4.79 Å². The molecule has 1 saturated carbocycles. The number of hydrogen-bond acceptors (Lipinski definition) is 4. The predicted octanol–water partition coefficient (Wildman–Crippen LogP) is 3.59.